The van der Waals surface area contributed by atoms with Gasteiger partial charge in [0.1, 0.15) is 0 Å². The maximum Gasteiger partial charge on any atom is 0.362 e. The Kier molecular flexibility index (Phi) is 12.3. The van der Waals surface area contributed by atoms with Crippen molar-refractivity contribution in [2.45, 2.75) is 18.9 Å². The Labute approximate surface area is 110 Å². The summed E-state index contributed by atoms with van der Waals surface area (Å²) in [5, 5.41) is 8.44. The quantitative estimate of drug-likeness (QED) is 0.194. The third-order valence-corrected chi connectivity index (χ3v) is 1.79. The van der Waals surface area contributed by atoms with Crippen LogP contribution in [-0.4, -0.2) is 45.1 Å². The molecule has 0 aromatic carbocycles. The molecule has 0 aliphatic rings. The maximum atomic E-state index is 10.3. The molecule has 1 aromatic rings. The smallest absolute Gasteiger partial charge is 0.362 e. The normalized spacial score (nSPS) is 10.2. The second kappa shape index (κ2) is 12.2. The molecule has 1 rings (SSSR count). The van der Waals surface area contributed by atoms with Crippen LogP contribution in [0.2, 0.25) is 0 Å². The van der Waals surface area contributed by atoms with E-state index in [4.69, 9.17) is 16.6 Å². The fourth-order valence-corrected chi connectivity index (χ4v) is 0.894. The number of aliphatic carboxylic acids is 1. The number of carbonyl (C=O) groups is 1. The zero-order chi connectivity index (χ0) is 13.8. The molecular weight excluding hydrogens is 252 g/mol. The Morgan fingerprint density at radius 3 is 2.32 bits per heavy atom. The summed E-state index contributed by atoms with van der Waals surface area (Å²) in [5.41, 5.74) is 13.6. The number of nitrogens with zero attached hydrogens (tertiary/aromatic N) is 3. The highest BCUT2D eigenvalue weighted by molar-refractivity contribution is 5.75. The molecule has 1 atom stereocenters. The molecule has 0 spiro atoms. The fourth-order valence-electron chi connectivity index (χ4n) is 0.894. The molecule has 9 nitrogen and oxygen atoms in total. The molecule has 0 bridgehead atoms. The average molecular weight is 272 g/mol. The largest absolute Gasteiger partial charge is 0.477 e. The molecule has 0 unspecified atom stereocenters. The maximum absolute atomic E-state index is 10.3. The number of aliphatic imine (C=N–C) groups is 1. The third-order valence-electron chi connectivity index (χ3n) is 1.79. The van der Waals surface area contributed by atoms with Crippen molar-refractivity contribution < 1.29 is 21.1 Å². The number of rotatable bonds is 5. The predicted octanol–water partition coefficient (Wildman–Crippen LogP) is -2.81. The van der Waals surface area contributed by atoms with E-state index >= 15 is 0 Å². The molecule has 0 fully saturated rings. The van der Waals surface area contributed by atoms with Gasteiger partial charge in [-0.1, -0.05) is 12.4 Å². The van der Waals surface area contributed by atoms with Gasteiger partial charge in [0, 0.05) is 19.3 Å². The summed E-state index contributed by atoms with van der Waals surface area (Å²) >= 11 is 0. The lowest BCUT2D eigenvalue weighted by Crippen LogP contribution is -2.64. The molecule has 0 aliphatic carbocycles. The minimum Gasteiger partial charge on any atom is -0.477 e. The minimum atomic E-state index is -0.889. The Morgan fingerprint density at radius 1 is 1.42 bits per heavy atom. The van der Waals surface area contributed by atoms with Gasteiger partial charge in [-0.2, -0.15) is 0 Å². The van der Waals surface area contributed by atoms with Gasteiger partial charge >= 0.3 is 5.97 Å². The number of carboxylic acid groups (broad SMARTS) is 1. The SMILES string of the molecule is NC(N)=NCCC[C@H]([NH3+])C(=O)O.O.[c-]1ncccn1. The van der Waals surface area contributed by atoms with Crippen molar-refractivity contribution >= 4 is 11.9 Å². The molecule has 1 aromatic heterocycles. The highest BCUT2D eigenvalue weighted by atomic mass is 16.4. The van der Waals surface area contributed by atoms with Crippen LogP contribution in [0.1, 0.15) is 12.8 Å². The molecule has 0 saturated carbocycles. The zero-order valence-electron chi connectivity index (χ0n) is 10.5. The molecule has 0 radical (unpaired) electrons. The van der Waals surface area contributed by atoms with Crippen molar-refractivity contribution in [2.75, 3.05) is 6.54 Å². The van der Waals surface area contributed by atoms with E-state index in [2.05, 4.69) is 27.0 Å². The number of hydrogen-bond donors (Lipinski definition) is 4. The predicted molar refractivity (Wildman–Crippen MR) is 68.7 cm³/mol. The molecule has 9 heteroatoms. The molecule has 19 heavy (non-hydrogen) atoms. The van der Waals surface area contributed by atoms with Gasteiger partial charge in [0.05, 0.1) is 0 Å². The van der Waals surface area contributed by atoms with Crippen LogP contribution in [0.15, 0.2) is 23.5 Å². The molecule has 0 amide bonds. The molecule has 0 aliphatic heterocycles. The minimum absolute atomic E-state index is 0. The van der Waals surface area contributed by atoms with E-state index in [1.54, 1.807) is 18.5 Å². The van der Waals surface area contributed by atoms with Crippen molar-refractivity contribution in [3.63, 3.8) is 0 Å². The molecule has 1 heterocycles. The first-order valence-corrected chi connectivity index (χ1v) is 5.28. The van der Waals surface area contributed by atoms with Crippen molar-refractivity contribution in [3.8, 4) is 0 Å². The van der Waals surface area contributed by atoms with Crippen LogP contribution < -0.4 is 17.2 Å². The highest BCUT2D eigenvalue weighted by Crippen LogP contribution is 1.92. The van der Waals surface area contributed by atoms with E-state index in [1.807, 2.05) is 0 Å². The fraction of sp³-hybridized carbons (Fsp3) is 0.400. The number of hydrogen-bond acceptors (Lipinski definition) is 4. The highest BCUT2D eigenvalue weighted by Gasteiger charge is 2.13. The Hall–Kier alpha value is -2.26. The summed E-state index contributed by atoms with van der Waals surface area (Å²) in [6.45, 7) is 0.460. The summed E-state index contributed by atoms with van der Waals surface area (Å²) in [7, 11) is 0. The average Bonchev–Trinajstić information content (AvgIpc) is 2.37. The van der Waals surface area contributed by atoms with Crippen molar-refractivity contribution in [3.05, 3.63) is 24.8 Å². The number of guanidine groups is 1. The van der Waals surface area contributed by atoms with E-state index in [9.17, 15) is 4.79 Å². The summed E-state index contributed by atoms with van der Waals surface area (Å²) in [4.78, 5) is 21.1. The van der Waals surface area contributed by atoms with Crippen LogP contribution in [0.4, 0.5) is 0 Å². The molecule has 10 N–H and O–H groups in total. The second-order valence-corrected chi connectivity index (χ2v) is 3.33. The summed E-state index contributed by atoms with van der Waals surface area (Å²) in [5.74, 6) is -0.856. The number of nitrogens with two attached hydrogens (primary N) is 2. The van der Waals surface area contributed by atoms with Crippen molar-refractivity contribution in [1.82, 2.24) is 9.97 Å². The lowest BCUT2D eigenvalue weighted by atomic mass is 10.2. The monoisotopic (exact) mass is 272 g/mol. The second-order valence-electron chi connectivity index (χ2n) is 3.33. The summed E-state index contributed by atoms with van der Waals surface area (Å²) < 4.78 is 0. The topological polar surface area (TPSA) is 187 Å². The number of aromatic nitrogens is 2. The summed E-state index contributed by atoms with van der Waals surface area (Å²) in [6, 6.07) is 1.18. The Bertz CT molecular complexity index is 329. The van der Waals surface area contributed by atoms with E-state index in [0.29, 0.717) is 19.4 Å². The first-order valence-electron chi connectivity index (χ1n) is 5.28. The van der Waals surface area contributed by atoms with E-state index < -0.39 is 12.0 Å². The van der Waals surface area contributed by atoms with Crippen LogP contribution in [0, 0.1) is 6.33 Å². The van der Waals surface area contributed by atoms with Crippen LogP contribution >= 0.6 is 0 Å². The van der Waals surface area contributed by atoms with Gasteiger partial charge in [-0.25, -0.2) is 4.79 Å². The Balaban J connectivity index is 0. The van der Waals surface area contributed by atoms with Crippen LogP contribution in [0.25, 0.3) is 0 Å². The molecular formula is C10H20N6O3. The van der Waals surface area contributed by atoms with E-state index in [0.717, 1.165) is 0 Å². The van der Waals surface area contributed by atoms with E-state index in [-0.39, 0.29) is 11.4 Å². The molecule has 108 valence electrons. The van der Waals surface area contributed by atoms with Crippen LogP contribution in [0.5, 0.6) is 0 Å². The van der Waals surface area contributed by atoms with Crippen LogP contribution in [0.3, 0.4) is 0 Å². The Morgan fingerprint density at radius 2 is 2.00 bits per heavy atom. The van der Waals surface area contributed by atoms with Crippen LogP contribution in [-0.2, 0) is 4.79 Å². The first kappa shape index (κ1) is 19.1. The van der Waals surface area contributed by atoms with E-state index in [1.165, 1.54) is 0 Å². The first-order chi connectivity index (χ1) is 8.54. The van der Waals surface area contributed by atoms with Gasteiger partial charge in [-0.15, -0.1) is 6.07 Å². The lowest BCUT2D eigenvalue weighted by Gasteiger charge is -2.00. The van der Waals surface area contributed by atoms with Gasteiger partial charge in [-0.3, -0.25) is 4.99 Å². The number of quaternary nitrogens is 1. The van der Waals surface area contributed by atoms with Gasteiger partial charge in [0.2, 0.25) is 0 Å². The van der Waals surface area contributed by atoms with Gasteiger partial charge in [0.15, 0.2) is 12.0 Å². The van der Waals surface area contributed by atoms with Gasteiger partial charge < -0.3 is 37.8 Å². The van der Waals surface area contributed by atoms with Crippen molar-refractivity contribution in [2.24, 2.45) is 16.5 Å². The standard InChI is InChI=1S/C6H14N4O2.C4H3N2.H2O/c7-4(5(11)12)2-1-3-10-6(8)9;1-2-5-4-6-3-1;/h4H,1-3,7H2,(H,11,12)(H4,8,9,10);1-3H;1H2/q;-1;/p+1/t4-;;/m0../s1. The van der Waals surface area contributed by atoms with Gasteiger partial charge in [0.25, 0.3) is 0 Å². The summed E-state index contributed by atoms with van der Waals surface area (Å²) in [6.07, 6.45) is 6.79. The zero-order valence-corrected chi connectivity index (χ0v) is 10.5. The molecule has 0 saturated heterocycles. The number of carboxylic acids is 1. The van der Waals surface area contributed by atoms with Gasteiger partial charge in [-0.05, 0) is 6.42 Å². The van der Waals surface area contributed by atoms with Crippen molar-refractivity contribution in [1.29, 1.82) is 0 Å². The lowest BCUT2D eigenvalue weighted by molar-refractivity contribution is -0.409. The third kappa shape index (κ3) is 13.7.